The maximum Gasteiger partial charge on any atom is -0.0130 e. The highest BCUT2D eigenvalue weighted by Crippen LogP contribution is 2.36. The smallest absolute Gasteiger partial charge is 0.0130 e. The third-order valence-corrected chi connectivity index (χ3v) is 3.40. The lowest BCUT2D eigenvalue weighted by Gasteiger charge is -2.23. The molecule has 74 valence electrons. The lowest BCUT2D eigenvalue weighted by molar-refractivity contribution is 0.350. The Hall–Kier alpha value is -0.520. The molecule has 0 atom stereocenters. The Labute approximate surface area is 82.7 Å². The van der Waals surface area contributed by atoms with Crippen LogP contribution in [0.15, 0.2) is 22.8 Å². The largest absolute Gasteiger partial charge is 0.0770 e. The summed E-state index contributed by atoms with van der Waals surface area (Å²) in [5.74, 6) is 0. The van der Waals surface area contributed by atoms with Crippen LogP contribution in [0.2, 0.25) is 0 Å². The highest BCUT2D eigenvalue weighted by molar-refractivity contribution is 5.40. The van der Waals surface area contributed by atoms with Crippen LogP contribution in [-0.4, -0.2) is 0 Å². The maximum absolute atomic E-state index is 2.40. The van der Waals surface area contributed by atoms with Gasteiger partial charge in [0.05, 0.1) is 0 Å². The van der Waals surface area contributed by atoms with Gasteiger partial charge in [0.15, 0.2) is 0 Å². The average molecular weight is 178 g/mol. The molecular formula is C13H22. The third kappa shape index (κ3) is 2.46. The summed E-state index contributed by atoms with van der Waals surface area (Å²) in [6.45, 7) is 11.5. The van der Waals surface area contributed by atoms with E-state index in [1.807, 2.05) is 0 Å². The third-order valence-electron chi connectivity index (χ3n) is 3.40. The Balaban J connectivity index is 2.67. The van der Waals surface area contributed by atoms with Crippen LogP contribution in [0.4, 0.5) is 0 Å². The molecule has 13 heavy (non-hydrogen) atoms. The van der Waals surface area contributed by atoms with Gasteiger partial charge in [-0.25, -0.2) is 0 Å². The fraction of sp³-hybridized carbons (Fsp3) is 0.692. The van der Waals surface area contributed by atoms with E-state index in [-0.39, 0.29) is 0 Å². The lowest BCUT2D eigenvalue weighted by atomic mass is 9.82. The van der Waals surface area contributed by atoms with Gasteiger partial charge in [-0.3, -0.25) is 0 Å². The molecule has 0 fully saturated rings. The van der Waals surface area contributed by atoms with E-state index < -0.39 is 0 Å². The van der Waals surface area contributed by atoms with E-state index in [0.29, 0.717) is 5.41 Å². The molecule has 0 saturated carbocycles. The molecule has 0 aromatic rings. The second-order valence-electron chi connectivity index (χ2n) is 5.03. The van der Waals surface area contributed by atoms with Crippen molar-refractivity contribution in [2.75, 3.05) is 0 Å². The predicted molar refractivity (Wildman–Crippen MR) is 59.8 cm³/mol. The quantitative estimate of drug-likeness (QED) is 0.597. The SMILES string of the molecule is CCC(C)(C)CC1=CCC(C)=C1C. The normalized spacial score (nSPS) is 18.1. The minimum absolute atomic E-state index is 0.470. The summed E-state index contributed by atoms with van der Waals surface area (Å²) in [6, 6.07) is 0. The van der Waals surface area contributed by atoms with Gasteiger partial charge in [0.25, 0.3) is 0 Å². The molecule has 0 N–H and O–H groups in total. The number of hydrogen-bond acceptors (Lipinski definition) is 0. The van der Waals surface area contributed by atoms with Gasteiger partial charge in [0, 0.05) is 0 Å². The van der Waals surface area contributed by atoms with Crippen LogP contribution in [-0.2, 0) is 0 Å². The molecule has 1 aliphatic carbocycles. The molecule has 0 radical (unpaired) electrons. The summed E-state index contributed by atoms with van der Waals surface area (Å²) in [7, 11) is 0. The van der Waals surface area contributed by atoms with Gasteiger partial charge >= 0.3 is 0 Å². The van der Waals surface area contributed by atoms with Crippen molar-refractivity contribution in [2.24, 2.45) is 5.41 Å². The Kier molecular flexibility index (Phi) is 3.00. The van der Waals surface area contributed by atoms with Crippen LogP contribution in [0.3, 0.4) is 0 Å². The molecule has 0 saturated heterocycles. The van der Waals surface area contributed by atoms with Crippen molar-refractivity contribution in [1.82, 2.24) is 0 Å². The van der Waals surface area contributed by atoms with E-state index in [1.165, 1.54) is 19.3 Å². The molecule has 0 unspecified atom stereocenters. The van der Waals surface area contributed by atoms with Gasteiger partial charge < -0.3 is 0 Å². The molecule has 1 aliphatic rings. The van der Waals surface area contributed by atoms with Gasteiger partial charge in [-0.05, 0) is 43.3 Å². The van der Waals surface area contributed by atoms with Crippen molar-refractivity contribution in [2.45, 2.75) is 53.9 Å². The maximum atomic E-state index is 2.40. The molecule has 1 rings (SSSR count). The van der Waals surface area contributed by atoms with Crippen molar-refractivity contribution in [1.29, 1.82) is 0 Å². The zero-order chi connectivity index (χ0) is 10.1. The van der Waals surface area contributed by atoms with E-state index >= 15 is 0 Å². The van der Waals surface area contributed by atoms with Crippen LogP contribution in [0, 0.1) is 5.41 Å². The van der Waals surface area contributed by atoms with Crippen LogP contribution in [0.1, 0.15) is 53.9 Å². The van der Waals surface area contributed by atoms with E-state index in [4.69, 9.17) is 0 Å². The summed E-state index contributed by atoms with van der Waals surface area (Å²) in [6.07, 6.45) is 6.09. The van der Waals surface area contributed by atoms with Crippen LogP contribution in [0.25, 0.3) is 0 Å². The van der Waals surface area contributed by atoms with Crippen molar-refractivity contribution in [3.05, 3.63) is 22.8 Å². The first-order valence-corrected chi connectivity index (χ1v) is 5.32. The van der Waals surface area contributed by atoms with Gasteiger partial charge in [-0.2, -0.15) is 0 Å². The molecule has 0 heterocycles. The van der Waals surface area contributed by atoms with Gasteiger partial charge in [0.2, 0.25) is 0 Å². The van der Waals surface area contributed by atoms with Crippen molar-refractivity contribution >= 4 is 0 Å². The Morgan fingerprint density at radius 3 is 2.31 bits per heavy atom. The van der Waals surface area contributed by atoms with Crippen molar-refractivity contribution < 1.29 is 0 Å². The number of allylic oxidation sites excluding steroid dienone is 4. The van der Waals surface area contributed by atoms with E-state index in [2.05, 4.69) is 40.7 Å². The van der Waals surface area contributed by atoms with Crippen LogP contribution < -0.4 is 0 Å². The van der Waals surface area contributed by atoms with Crippen LogP contribution >= 0.6 is 0 Å². The molecule has 0 aliphatic heterocycles. The Morgan fingerprint density at radius 1 is 1.31 bits per heavy atom. The molecule has 0 heteroatoms. The Morgan fingerprint density at radius 2 is 1.92 bits per heavy atom. The monoisotopic (exact) mass is 178 g/mol. The second kappa shape index (κ2) is 3.69. The average Bonchev–Trinajstić information content (AvgIpc) is 2.36. The minimum atomic E-state index is 0.470. The molecule has 0 aromatic heterocycles. The first kappa shape index (κ1) is 10.6. The molecule has 0 bridgehead atoms. The first-order valence-electron chi connectivity index (χ1n) is 5.32. The number of hydrogen-bond donors (Lipinski definition) is 0. The van der Waals surface area contributed by atoms with Gasteiger partial charge in [0.1, 0.15) is 0 Å². The summed E-state index contributed by atoms with van der Waals surface area (Å²) in [4.78, 5) is 0. The Bertz CT molecular complexity index is 251. The zero-order valence-electron chi connectivity index (χ0n) is 9.70. The number of rotatable bonds is 3. The summed E-state index contributed by atoms with van der Waals surface area (Å²) in [5, 5.41) is 0. The van der Waals surface area contributed by atoms with E-state index in [9.17, 15) is 0 Å². The summed E-state index contributed by atoms with van der Waals surface area (Å²) >= 11 is 0. The van der Waals surface area contributed by atoms with Gasteiger partial charge in [-0.1, -0.05) is 38.8 Å². The fourth-order valence-corrected chi connectivity index (χ4v) is 1.70. The topological polar surface area (TPSA) is 0 Å². The highest BCUT2D eigenvalue weighted by atomic mass is 14.3. The molecule has 0 nitrogen and oxygen atoms in total. The summed E-state index contributed by atoms with van der Waals surface area (Å²) < 4.78 is 0. The fourth-order valence-electron chi connectivity index (χ4n) is 1.70. The predicted octanol–water partition coefficient (Wildman–Crippen LogP) is 4.48. The minimum Gasteiger partial charge on any atom is -0.0770 e. The second-order valence-corrected chi connectivity index (χ2v) is 5.03. The molecular weight excluding hydrogens is 156 g/mol. The van der Waals surface area contributed by atoms with Crippen LogP contribution in [0.5, 0.6) is 0 Å². The molecule has 0 spiro atoms. The van der Waals surface area contributed by atoms with E-state index in [0.717, 1.165) is 0 Å². The van der Waals surface area contributed by atoms with Gasteiger partial charge in [-0.15, -0.1) is 0 Å². The first-order chi connectivity index (χ1) is 5.96. The molecule has 0 amide bonds. The lowest BCUT2D eigenvalue weighted by Crippen LogP contribution is -2.10. The standard InChI is InChI=1S/C13H22/c1-6-13(4,5)9-12-8-7-10(2)11(12)3/h8H,6-7,9H2,1-5H3. The van der Waals surface area contributed by atoms with Crippen molar-refractivity contribution in [3.63, 3.8) is 0 Å². The van der Waals surface area contributed by atoms with E-state index in [1.54, 1.807) is 16.7 Å². The molecule has 0 aromatic carbocycles. The zero-order valence-corrected chi connectivity index (χ0v) is 9.70. The summed E-state index contributed by atoms with van der Waals surface area (Å²) in [5.41, 5.74) is 5.16. The highest BCUT2D eigenvalue weighted by Gasteiger charge is 2.20. The van der Waals surface area contributed by atoms with Crippen molar-refractivity contribution in [3.8, 4) is 0 Å².